The highest BCUT2D eigenvalue weighted by Crippen LogP contribution is 2.30. The van der Waals surface area contributed by atoms with Crippen LogP contribution in [0.2, 0.25) is 0 Å². The first-order valence-electron chi connectivity index (χ1n) is 5.88. The minimum Gasteiger partial charge on any atom is -0.310 e. The van der Waals surface area contributed by atoms with E-state index >= 15 is 0 Å². The van der Waals surface area contributed by atoms with Gasteiger partial charge in [0.15, 0.2) is 0 Å². The molecule has 6 heteroatoms. The smallest absolute Gasteiger partial charge is 0.310 e. The van der Waals surface area contributed by atoms with Gasteiger partial charge >= 0.3 is 5.69 Å². The number of anilines is 1. The SMILES string of the molecule is CC#CCn1c(=O)cc(NN)n(CC2CC2)c1=O. The summed E-state index contributed by atoms with van der Waals surface area (Å²) in [5, 5.41) is 0. The second-order valence-electron chi connectivity index (χ2n) is 4.36. The van der Waals surface area contributed by atoms with Crippen molar-refractivity contribution in [3.8, 4) is 11.8 Å². The third-order valence-electron chi connectivity index (χ3n) is 2.98. The van der Waals surface area contributed by atoms with E-state index in [9.17, 15) is 9.59 Å². The molecule has 0 atom stereocenters. The number of hydrogen-bond acceptors (Lipinski definition) is 4. The highest BCUT2D eigenvalue weighted by molar-refractivity contribution is 5.32. The molecular weight excluding hydrogens is 232 g/mol. The first-order chi connectivity index (χ1) is 8.67. The summed E-state index contributed by atoms with van der Waals surface area (Å²) in [7, 11) is 0. The fraction of sp³-hybridized carbons (Fsp3) is 0.500. The summed E-state index contributed by atoms with van der Waals surface area (Å²) in [6.07, 6.45) is 2.23. The van der Waals surface area contributed by atoms with E-state index in [2.05, 4.69) is 17.3 Å². The van der Waals surface area contributed by atoms with Crippen LogP contribution in [0.1, 0.15) is 19.8 Å². The van der Waals surface area contributed by atoms with Crippen LogP contribution in [0.4, 0.5) is 5.82 Å². The zero-order valence-corrected chi connectivity index (χ0v) is 10.3. The summed E-state index contributed by atoms with van der Waals surface area (Å²) in [6.45, 7) is 2.38. The van der Waals surface area contributed by atoms with Crippen LogP contribution >= 0.6 is 0 Å². The van der Waals surface area contributed by atoms with Gasteiger partial charge < -0.3 is 5.43 Å². The number of nitrogens with zero attached hydrogens (tertiary/aromatic N) is 2. The van der Waals surface area contributed by atoms with Gasteiger partial charge in [0, 0.05) is 12.6 Å². The normalized spacial score (nSPS) is 13.9. The molecule has 1 saturated carbocycles. The minimum absolute atomic E-state index is 0.115. The third-order valence-corrected chi connectivity index (χ3v) is 2.98. The van der Waals surface area contributed by atoms with Crippen LogP contribution in [0, 0.1) is 17.8 Å². The van der Waals surface area contributed by atoms with Crippen LogP contribution in [0.5, 0.6) is 0 Å². The van der Waals surface area contributed by atoms with Crippen LogP contribution in [0.15, 0.2) is 15.7 Å². The molecule has 0 aromatic carbocycles. The van der Waals surface area contributed by atoms with Crippen molar-refractivity contribution in [1.29, 1.82) is 0 Å². The Hall–Kier alpha value is -2.00. The van der Waals surface area contributed by atoms with Gasteiger partial charge in [0.05, 0.1) is 6.54 Å². The molecule has 1 aliphatic rings. The number of nitrogen functional groups attached to an aromatic ring is 1. The number of rotatable bonds is 4. The van der Waals surface area contributed by atoms with Crippen molar-refractivity contribution in [3.05, 3.63) is 26.9 Å². The average Bonchev–Trinajstić information content (AvgIpc) is 3.16. The monoisotopic (exact) mass is 248 g/mol. The zero-order valence-electron chi connectivity index (χ0n) is 10.3. The minimum atomic E-state index is -0.386. The summed E-state index contributed by atoms with van der Waals surface area (Å²) in [6, 6.07) is 1.33. The van der Waals surface area contributed by atoms with Crippen LogP contribution in [0.3, 0.4) is 0 Å². The van der Waals surface area contributed by atoms with Crippen LogP contribution in [-0.4, -0.2) is 9.13 Å². The molecule has 1 aromatic rings. The Labute approximate surface area is 104 Å². The molecule has 0 saturated heterocycles. The van der Waals surface area contributed by atoms with Crippen molar-refractivity contribution in [2.75, 3.05) is 5.43 Å². The average molecular weight is 248 g/mol. The lowest BCUT2D eigenvalue weighted by molar-refractivity contribution is 0.555. The van der Waals surface area contributed by atoms with Gasteiger partial charge in [0.25, 0.3) is 5.56 Å². The first kappa shape index (κ1) is 12.5. The molecule has 0 bridgehead atoms. The molecule has 3 N–H and O–H groups in total. The Balaban J connectivity index is 2.49. The van der Waals surface area contributed by atoms with Crippen LogP contribution < -0.4 is 22.5 Å². The lowest BCUT2D eigenvalue weighted by Crippen LogP contribution is -2.41. The number of hydrazine groups is 1. The van der Waals surface area contributed by atoms with E-state index in [1.54, 1.807) is 6.92 Å². The molecule has 0 aliphatic heterocycles. The van der Waals surface area contributed by atoms with E-state index in [-0.39, 0.29) is 17.8 Å². The Bertz CT molecular complexity index is 614. The van der Waals surface area contributed by atoms with Gasteiger partial charge in [-0.05, 0) is 25.7 Å². The molecule has 18 heavy (non-hydrogen) atoms. The highest BCUT2D eigenvalue weighted by Gasteiger charge is 2.24. The van der Waals surface area contributed by atoms with Gasteiger partial charge in [-0.1, -0.05) is 5.92 Å². The van der Waals surface area contributed by atoms with Gasteiger partial charge in [-0.25, -0.2) is 15.2 Å². The summed E-state index contributed by atoms with van der Waals surface area (Å²) in [5.74, 6) is 11.6. The molecule has 1 heterocycles. The van der Waals surface area contributed by atoms with Crippen LogP contribution in [-0.2, 0) is 13.1 Å². The molecule has 1 aliphatic carbocycles. The van der Waals surface area contributed by atoms with Gasteiger partial charge in [-0.3, -0.25) is 9.36 Å². The molecular formula is C12H16N4O2. The molecule has 0 unspecified atom stereocenters. The van der Waals surface area contributed by atoms with E-state index in [4.69, 9.17) is 5.84 Å². The predicted molar refractivity (Wildman–Crippen MR) is 68.9 cm³/mol. The zero-order chi connectivity index (χ0) is 13.1. The summed E-state index contributed by atoms with van der Waals surface area (Å²) in [5.41, 5.74) is 1.66. The summed E-state index contributed by atoms with van der Waals surface area (Å²) < 4.78 is 2.64. The lowest BCUT2D eigenvalue weighted by Gasteiger charge is -2.13. The molecule has 0 amide bonds. The fourth-order valence-corrected chi connectivity index (χ4v) is 1.77. The standard InChI is InChI=1S/C12H16N4O2/c1-2-3-6-15-11(17)7-10(14-13)16(12(15)18)8-9-4-5-9/h7,9,14H,4-6,8,13H2,1H3. The highest BCUT2D eigenvalue weighted by atomic mass is 16.2. The second-order valence-corrected chi connectivity index (χ2v) is 4.36. The van der Waals surface area contributed by atoms with Gasteiger partial charge in [-0.15, -0.1) is 5.92 Å². The maximum Gasteiger partial charge on any atom is 0.333 e. The Morgan fingerprint density at radius 1 is 1.44 bits per heavy atom. The van der Waals surface area contributed by atoms with E-state index in [1.165, 1.54) is 10.6 Å². The molecule has 96 valence electrons. The van der Waals surface area contributed by atoms with Crippen molar-refractivity contribution in [2.24, 2.45) is 11.8 Å². The number of nitrogens with two attached hydrogens (primary N) is 1. The van der Waals surface area contributed by atoms with E-state index in [0.717, 1.165) is 17.4 Å². The molecule has 2 rings (SSSR count). The maximum atomic E-state index is 12.2. The molecule has 1 aromatic heterocycles. The topological polar surface area (TPSA) is 82.0 Å². The summed E-state index contributed by atoms with van der Waals surface area (Å²) in [4.78, 5) is 24.0. The Kier molecular flexibility index (Phi) is 3.53. The largest absolute Gasteiger partial charge is 0.333 e. The number of nitrogens with one attached hydrogen (secondary N) is 1. The fourth-order valence-electron chi connectivity index (χ4n) is 1.77. The quantitative estimate of drug-likeness (QED) is 0.436. The Morgan fingerprint density at radius 2 is 2.17 bits per heavy atom. The summed E-state index contributed by atoms with van der Waals surface area (Å²) >= 11 is 0. The van der Waals surface area contributed by atoms with E-state index < -0.39 is 0 Å². The maximum absolute atomic E-state index is 12.2. The molecule has 1 fully saturated rings. The molecule has 0 radical (unpaired) electrons. The lowest BCUT2D eigenvalue weighted by atomic mass is 10.4. The van der Waals surface area contributed by atoms with Gasteiger partial charge in [0.1, 0.15) is 5.82 Å². The second kappa shape index (κ2) is 5.10. The Morgan fingerprint density at radius 3 is 2.72 bits per heavy atom. The molecule has 0 spiro atoms. The number of aromatic nitrogens is 2. The van der Waals surface area contributed by atoms with Crippen molar-refractivity contribution in [3.63, 3.8) is 0 Å². The van der Waals surface area contributed by atoms with Crippen LogP contribution in [0.25, 0.3) is 0 Å². The van der Waals surface area contributed by atoms with E-state index in [1.807, 2.05) is 0 Å². The third kappa shape index (κ3) is 2.46. The van der Waals surface area contributed by atoms with Gasteiger partial charge in [-0.2, -0.15) is 0 Å². The van der Waals surface area contributed by atoms with Crippen molar-refractivity contribution in [2.45, 2.75) is 32.9 Å². The molecule has 6 nitrogen and oxygen atoms in total. The van der Waals surface area contributed by atoms with Gasteiger partial charge in [0.2, 0.25) is 0 Å². The van der Waals surface area contributed by atoms with Crippen molar-refractivity contribution in [1.82, 2.24) is 9.13 Å². The number of hydrogen-bond donors (Lipinski definition) is 2. The van der Waals surface area contributed by atoms with E-state index in [0.29, 0.717) is 18.3 Å². The predicted octanol–water partition coefficient (Wildman–Crippen LogP) is -0.271. The first-order valence-corrected chi connectivity index (χ1v) is 5.88. The van der Waals surface area contributed by atoms with Crippen molar-refractivity contribution < 1.29 is 0 Å². The van der Waals surface area contributed by atoms with Crippen molar-refractivity contribution >= 4 is 5.82 Å².